The SMILES string of the molecule is CCC[N+]1(C)CCc2cccc3c2[C@H]1Cc1ccccc1-3. The molecule has 2 aromatic rings. The molecule has 0 saturated carbocycles. The Bertz CT molecular complexity index is 688. The van der Waals surface area contributed by atoms with Crippen molar-refractivity contribution in [1.29, 1.82) is 0 Å². The lowest BCUT2D eigenvalue weighted by Gasteiger charge is -2.48. The molecule has 0 fully saturated rings. The highest BCUT2D eigenvalue weighted by atomic mass is 15.4. The molecule has 0 aromatic heterocycles. The summed E-state index contributed by atoms with van der Waals surface area (Å²) >= 11 is 0. The van der Waals surface area contributed by atoms with E-state index in [1.807, 2.05) is 0 Å². The molecule has 0 bridgehead atoms. The fraction of sp³-hybridized carbons (Fsp3) is 0.400. The van der Waals surface area contributed by atoms with Crippen LogP contribution in [0.1, 0.15) is 36.1 Å². The molecule has 1 aliphatic carbocycles. The standard InChI is InChI=1S/C20H24N/c1-3-12-21(2)13-11-15-8-6-10-18-17-9-5-4-7-16(17)14-19(21)20(15)18/h4-10,19H,3,11-14H2,1-2H3/q+1/t19-,21?/m1/s1. The van der Waals surface area contributed by atoms with E-state index in [1.54, 1.807) is 11.1 Å². The van der Waals surface area contributed by atoms with Gasteiger partial charge in [0, 0.05) is 18.4 Å². The summed E-state index contributed by atoms with van der Waals surface area (Å²) in [5.41, 5.74) is 7.75. The highest BCUT2D eigenvalue weighted by molar-refractivity contribution is 5.75. The fourth-order valence-electron chi connectivity index (χ4n) is 4.57. The molecular weight excluding hydrogens is 254 g/mol. The van der Waals surface area contributed by atoms with Gasteiger partial charge < -0.3 is 4.48 Å². The van der Waals surface area contributed by atoms with Crippen molar-refractivity contribution >= 4 is 0 Å². The largest absolute Gasteiger partial charge is 0.319 e. The topological polar surface area (TPSA) is 0 Å². The molecule has 0 N–H and O–H groups in total. The first-order valence-electron chi connectivity index (χ1n) is 8.27. The van der Waals surface area contributed by atoms with Gasteiger partial charge in [-0.25, -0.2) is 0 Å². The molecule has 0 radical (unpaired) electrons. The predicted molar refractivity (Wildman–Crippen MR) is 88.2 cm³/mol. The maximum Gasteiger partial charge on any atom is 0.119 e. The number of hydrogen-bond donors (Lipinski definition) is 0. The second kappa shape index (κ2) is 4.71. The zero-order valence-electron chi connectivity index (χ0n) is 13.1. The van der Waals surface area contributed by atoms with Crippen LogP contribution in [0.15, 0.2) is 42.5 Å². The maximum atomic E-state index is 2.47. The lowest BCUT2D eigenvalue weighted by atomic mass is 9.76. The molecule has 2 atom stereocenters. The smallest absolute Gasteiger partial charge is 0.119 e. The predicted octanol–water partition coefficient (Wildman–Crippen LogP) is 4.36. The average Bonchev–Trinajstić information content (AvgIpc) is 2.51. The van der Waals surface area contributed by atoms with E-state index in [0.717, 1.165) is 0 Å². The van der Waals surface area contributed by atoms with Crippen LogP contribution in [0, 0.1) is 0 Å². The van der Waals surface area contributed by atoms with Crippen LogP contribution in [-0.2, 0) is 12.8 Å². The van der Waals surface area contributed by atoms with Crippen molar-refractivity contribution < 1.29 is 4.48 Å². The molecule has 2 aliphatic rings. The van der Waals surface area contributed by atoms with Gasteiger partial charge in [-0.3, -0.25) is 0 Å². The Balaban J connectivity index is 1.94. The van der Waals surface area contributed by atoms with Gasteiger partial charge in [-0.1, -0.05) is 49.4 Å². The third-order valence-corrected chi connectivity index (χ3v) is 5.63. The van der Waals surface area contributed by atoms with Crippen molar-refractivity contribution in [1.82, 2.24) is 0 Å². The van der Waals surface area contributed by atoms with Crippen LogP contribution in [0.5, 0.6) is 0 Å². The van der Waals surface area contributed by atoms with E-state index in [-0.39, 0.29) is 0 Å². The summed E-state index contributed by atoms with van der Waals surface area (Å²) in [6.07, 6.45) is 3.71. The Labute approximate surface area is 127 Å². The molecular formula is C20H24N+. The van der Waals surface area contributed by atoms with E-state index >= 15 is 0 Å². The zero-order chi connectivity index (χ0) is 14.4. The summed E-state index contributed by atoms with van der Waals surface area (Å²) in [5, 5.41) is 0. The van der Waals surface area contributed by atoms with E-state index in [9.17, 15) is 0 Å². The third-order valence-electron chi connectivity index (χ3n) is 5.63. The Morgan fingerprint density at radius 2 is 1.76 bits per heavy atom. The summed E-state index contributed by atoms with van der Waals surface area (Å²) < 4.78 is 1.22. The number of benzene rings is 2. The van der Waals surface area contributed by atoms with Crippen LogP contribution in [0.2, 0.25) is 0 Å². The second-order valence-electron chi connectivity index (χ2n) is 6.93. The number of fused-ring (bicyclic) bond motifs is 2. The molecule has 1 nitrogen and oxygen atoms in total. The minimum Gasteiger partial charge on any atom is -0.319 e. The third kappa shape index (κ3) is 1.87. The van der Waals surface area contributed by atoms with Crippen molar-refractivity contribution in [2.75, 3.05) is 20.1 Å². The molecule has 1 heterocycles. The van der Waals surface area contributed by atoms with Crippen molar-refractivity contribution in [3.05, 3.63) is 59.2 Å². The Kier molecular flexibility index (Phi) is 2.93. The zero-order valence-corrected chi connectivity index (χ0v) is 13.1. The van der Waals surface area contributed by atoms with Gasteiger partial charge in [-0.15, -0.1) is 0 Å². The molecule has 0 amide bonds. The van der Waals surface area contributed by atoms with Gasteiger partial charge in [-0.2, -0.15) is 0 Å². The fourth-order valence-corrected chi connectivity index (χ4v) is 4.57. The first-order valence-corrected chi connectivity index (χ1v) is 8.27. The van der Waals surface area contributed by atoms with E-state index in [1.165, 1.54) is 53.5 Å². The van der Waals surface area contributed by atoms with Crippen LogP contribution in [0.3, 0.4) is 0 Å². The van der Waals surface area contributed by atoms with Crippen molar-refractivity contribution in [2.45, 2.75) is 32.2 Å². The molecule has 108 valence electrons. The Morgan fingerprint density at radius 3 is 2.62 bits per heavy atom. The first-order chi connectivity index (χ1) is 10.2. The minimum atomic E-state index is 0.653. The van der Waals surface area contributed by atoms with Gasteiger partial charge in [0.05, 0.1) is 20.1 Å². The lowest BCUT2D eigenvalue weighted by Crippen LogP contribution is -2.53. The average molecular weight is 278 g/mol. The van der Waals surface area contributed by atoms with Gasteiger partial charge in [0.25, 0.3) is 0 Å². The number of quaternary nitrogens is 1. The summed E-state index contributed by atoms with van der Waals surface area (Å²) in [4.78, 5) is 0. The maximum absolute atomic E-state index is 2.47. The molecule has 0 spiro atoms. The van der Waals surface area contributed by atoms with Crippen LogP contribution < -0.4 is 0 Å². The highest BCUT2D eigenvalue weighted by Crippen LogP contribution is 2.47. The van der Waals surface area contributed by atoms with E-state index in [4.69, 9.17) is 0 Å². The van der Waals surface area contributed by atoms with Crippen molar-refractivity contribution in [3.8, 4) is 11.1 Å². The molecule has 2 aromatic carbocycles. The Hall–Kier alpha value is -1.60. The highest BCUT2D eigenvalue weighted by Gasteiger charge is 2.42. The number of rotatable bonds is 2. The summed E-state index contributed by atoms with van der Waals surface area (Å²) in [5.74, 6) is 0. The lowest BCUT2D eigenvalue weighted by molar-refractivity contribution is -0.941. The molecule has 1 unspecified atom stereocenters. The number of hydrogen-bond acceptors (Lipinski definition) is 0. The van der Waals surface area contributed by atoms with Gasteiger partial charge in [0.1, 0.15) is 6.04 Å². The van der Waals surface area contributed by atoms with Crippen LogP contribution in [0.4, 0.5) is 0 Å². The van der Waals surface area contributed by atoms with E-state index < -0.39 is 0 Å². The van der Waals surface area contributed by atoms with Crippen LogP contribution in [0.25, 0.3) is 11.1 Å². The van der Waals surface area contributed by atoms with Gasteiger partial charge in [0.2, 0.25) is 0 Å². The van der Waals surface area contributed by atoms with Crippen molar-refractivity contribution in [3.63, 3.8) is 0 Å². The van der Waals surface area contributed by atoms with E-state index in [2.05, 4.69) is 56.4 Å². The summed E-state index contributed by atoms with van der Waals surface area (Å²) in [7, 11) is 2.47. The quantitative estimate of drug-likeness (QED) is 0.716. The molecule has 4 rings (SSSR count). The number of likely N-dealkylation sites (N-methyl/N-ethyl adjacent to an activating group) is 1. The molecule has 1 heteroatoms. The summed E-state index contributed by atoms with van der Waals surface area (Å²) in [6, 6.07) is 16.6. The van der Waals surface area contributed by atoms with Crippen LogP contribution in [-0.4, -0.2) is 24.6 Å². The monoisotopic (exact) mass is 278 g/mol. The van der Waals surface area contributed by atoms with Crippen molar-refractivity contribution in [2.24, 2.45) is 0 Å². The molecule has 0 saturated heterocycles. The normalized spacial score (nSPS) is 26.1. The van der Waals surface area contributed by atoms with Crippen LogP contribution >= 0.6 is 0 Å². The summed E-state index contributed by atoms with van der Waals surface area (Å²) in [6.45, 7) is 4.90. The minimum absolute atomic E-state index is 0.653. The Morgan fingerprint density at radius 1 is 1.00 bits per heavy atom. The second-order valence-corrected chi connectivity index (χ2v) is 6.93. The van der Waals surface area contributed by atoms with Gasteiger partial charge in [-0.05, 0) is 28.7 Å². The molecule has 1 aliphatic heterocycles. The van der Waals surface area contributed by atoms with Gasteiger partial charge in [0.15, 0.2) is 0 Å². The first kappa shape index (κ1) is 13.1. The molecule has 21 heavy (non-hydrogen) atoms. The van der Waals surface area contributed by atoms with E-state index in [0.29, 0.717) is 6.04 Å². The number of nitrogens with zero attached hydrogens (tertiary/aromatic N) is 1. The van der Waals surface area contributed by atoms with Gasteiger partial charge >= 0.3 is 0 Å².